The molecule has 3 aromatic rings. The Hall–Kier alpha value is -2.20. The maximum Gasteiger partial charge on any atom is 0.326 e. The van der Waals surface area contributed by atoms with Gasteiger partial charge in [0.15, 0.2) is 0 Å². The van der Waals surface area contributed by atoms with Crippen LogP contribution in [0.1, 0.15) is 5.56 Å². The largest absolute Gasteiger partial charge is 0.508 e. The van der Waals surface area contributed by atoms with Crippen molar-refractivity contribution in [2.24, 2.45) is 0 Å². The van der Waals surface area contributed by atoms with E-state index in [-0.39, 0.29) is 18.0 Å². The number of rotatable bonds is 2. The van der Waals surface area contributed by atoms with Crippen LogP contribution in [-0.4, -0.2) is 14.7 Å². The highest BCUT2D eigenvalue weighted by Crippen LogP contribution is 2.23. The van der Waals surface area contributed by atoms with Crippen LogP contribution in [0.25, 0.3) is 11.0 Å². The molecule has 0 unspecified atom stereocenters. The average molecular weight is 275 g/mol. The number of imidazole rings is 1. The van der Waals surface area contributed by atoms with E-state index in [0.717, 1.165) is 11.0 Å². The number of para-hydroxylation sites is 2. The van der Waals surface area contributed by atoms with Crippen molar-refractivity contribution in [3.63, 3.8) is 0 Å². The summed E-state index contributed by atoms with van der Waals surface area (Å²) >= 11 is 5.91. The first-order chi connectivity index (χ1) is 9.15. The van der Waals surface area contributed by atoms with Gasteiger partial charge >= 0.3 is 5.69 Å². The number of fused-ring (bicyclic) bond motifs is 1. The highest BCUT2D eigenvalue weighted by atomic mass is 35.5. The molecule has 0 spiro atoms. The van der Waals surface area contributed by atoms with Gasteiger partial charge in [0, 0.05) is 10.6 Å². The highest BCUT2D eigenvalue weighted by molar-refractivity contribution is 6.30. The van der Waals surface area contributed by atoms with E-state index in [2.05, 4.69) is 4.98 Å². The van der Waals surface area contributed by atoms with Gasteiger partial charge in [-0.15, -0.1) is 0 Å². The van der Waals surface area contributed by atoms with E-state index < -0.39 is 0 Å². The molecular formula is C14H11ClN2O2. The number of benzene rings is 2. The fourth-order valence-corrected chi connectivity index (χ4v) is 2.31. The monoisotopic (exact) mass is 274 g/mol. The van der Waals surface area contributed by atoms with E-state index in [4.69, 9.17) is 11.6 Å². The topological polar surface area (TPSA) is 58.0 Å². The Balaban J connectivity index is 2.13. The number of aromatic amines is 1. The van der Waals surface area contributed by atoms with Crippen LogP contribution in [-0.2, 0) is 6.54 Å². The second-order valence-electron chi connectivity index (χ2n) is 4.31. The zero-order chi connectivity index (χ0) is 13.4. The van der Waals surface area contributed by atoms with Gasteiger partial charge in [-0.05, 0) is 30.3 Å². The van der Waals surface area contributed by atoms with Crippen molar-refractivity contribution in [1.29, 1.82) is 0 Å². The summed E-state index contributed by atoms with van der Waals surface area (Å²) in [5.41, 5.74) is 1.97. The SMILES string of the molecule is O=c1[nH]c2ccccc2n1Cc1cc(Cl)ccc1O. The molecule has 0 aliphatic carbocycles. The number of nitrogens with one attached hydrogen (secondary N) is 1. The molecule has 0 aliphatic rings. The third-order valence-electron chi connectivity index (χ3n) is 3.05. The van der Waals surface area contributed by atoms with Crippen molar-refractivity contribution < 1.29 is 5.11 Å². The molecule has 0 aliphatic heterocycles. The Morgan fingerprint density at radius 3 is 2.84 bits per heavy atom. The Morgan fingerprint density at radius 2 is 2.00 bits per heavy atom. The molecule has 0 saturated carbocycles. The third-order valence-corrected chi connectivity index (χ3v) is 3.29. The molecular weight excluding hydrogens is 264 g/mol. The molecule has 0 amide bonds. The Bertz CT molecular complexity index is 805. The van der Waals surface area contributed by atoms with Crippen LogP contribution >= 0.6 is 11.6 Å². The summed E-state index contributed by atoms with van der Waals surface area (Å²) in [7, 11) is 0. The standard InChI is InChI=1S/C14H11ClN2O2/c15-10-5-6-13(18)9(7-10)8-17-12-4-2-1-3-11(12)16-14(17)19/h1-7,18H,8H2,(H,16,19). The molecule has 2 N–H and O–H groups in total. The quantitative estimate of drug-likeness (QED) is 0.755. The molecule has 0 saturated heterocycles. The number of halogens is 1. The number of H-pyrrole nitrogens is 1. The van der Waals surface area contributed by atoms with E-state index >= 15 is 0 Å². The first-order valence-corrected chi connectivity index (χ1v) is 6.18. The van der Waals surface area contributed by atoms with Crippen LogP contribution in [0.15, 0.2) is 47.3 Å². The number of hydrogen-bond donors (Lipinski definition) is 2. The highest BCUT2D eigenvalue weighted by Gasteiger charge is 2.09. The number of phenols is 1. The number of aromatic nitrogens is 2. The molecule has 1 heterocycles. The summed E-state index contributed by atoms with van der Waals surface area (Å²) in [6, 6.07) is 12.2. The van der Waals surface area contributed by atoms with Crippen LogP contribution < -0.4 is 5.69 Å². The van der Waals surface area contributed by atoms with Crippen LogP contribution in [0, 0.1) is 0 Å². The van der Waals surface area contributed by atoms with Gasteiger partial charge in [-0.2, -0.15) is 0 Å². The molecule has 0 atom stereocenters. The predicted octanol–water partition coefficient (Wildman–Crippen LogP) is 2.74. The summed E-state index contributed by atoms with van der Waals surface area (Å²) in [6.45, 7) is 0.273. The zero-order valence-electron chi connectivity index (χ0n) is 9.93. The lowest BCUT2D eigenvalue weighted by Gasteiger charge is -2.06. The molecule has 0 bridgehead atoms. The van der Waals surface area contributed by atoms with Crippen molar-refractivity contribution >= 4 is 22.6 Å². The van der Waals surface area contributed by atoms with Gasteiger partial charge in [-0.25, -0.2) is 4.79 Å². The zero-order valence-corrected chi connectivity index (χ0v) is 10.7. The van der Waals surface area contributed by atoms with Gasteiger partial charge < -0.3 is 10.1 Å². The normalized spacial score (nSPS) is 11.0. The molecule has 96 valence electrons. The van der Waals surface area contributed by atoms with Crippen molar-refractivity contribution in [1.82, 2.24) is 9.55 Å². The molecule has 0 radical (unpaired) electrons. The molecule has 5 heteroatoms. The molecule has 0 fully saturated rings. The van der Waals surface area contributed by atoms with E-state index in [1.165, 1.54) is 6.07 Å². The van der Waals surface area contributed by atoms with Crippen molar-refractivity contribution in [3.8, 4) is 5.75 Å². The van der Waals surface area contributed by atoms with E-state index in [0.29, 0.717) is 10.6 Å². The minimum absolute atomic E-state index is 0.126. The third kappa shape index (κ3) is 2.11. The Labute approximate surface area is 113 Å². The lowest BCUT2D eigenvalue weighted by Crippen LogP contribution is -2.17. The lowest BCUT2D eigenvalue weighted by molar-refractivity contribution is 0.466. The van der Waals surface area contributed by atoms with Gasteiger partial charge in [0.05, 0.1) is 17.6 Å². The first-order valence-electron chi connectivity index (χ1n) is 5.80. The minimum Gasteiger partial charge on any atom is -0.508 e. The second-order valence-corrected chi connectivity index (χ2v) is 4.74. The van der Waals surface area contributed by atoms with E-state index in [9.17, 15) is 9.90 Å². The number of phenolic OH excluding ortho intramolecular Hbond substituents is 1. The van der Waals surface area contributed by atoms with Crippen molar-refractivity contribution in [2.45, 2.75) is 6.54 Å². The van der Waals surface area contributed by atoms with Gasteiger partial charge in [0.1, 0.15) is 5.75 Å². The molecule has 1 aromatic heterocycles. The number of aromatic hydroxyl groups is 1. The number of nitrogens with zero attached hydrogens (tertiary/aromatic N) is 1. The smallest absolute Gasteiger partial charge is 0.326 e. The molecule has 4 nitrogen and oxygen atoms in total. The maximum atomic E-state index is 11.9. The van der Waals surface area contributed by atoms with Crippen LogP contribution in [0.3, 0.4) is 0 Å². The molecule has 19 heavy (non-hydrogen) atoms. The molecule has 2 aromatic carbocycles. The van der Waals surface area contributed by atoms with Crippen molar-refractivity contribution in [3.05, 3.63) is 63.5 Å². The van der Waals surface area contributed by atoms with Gasteiger partial charge in [0.25, 0.3) is 0 Å². The predicted molar refractivity (Wildman–Crippen MR) is 74.8 cm³/mol. The Kier molecular flexibility index (Phi) is 2.80. The second kappa shape index (κ2) is 4.48. The average Bonchev–Trinajstić information content (AvgIpc) is 2.71. The fraction of sp³-hybridized carbons (Fsp3) is 0.0714. The lowest BCUT2D eigenvalue weighted by atomic mass is 10.2. The van der Waals surface area contributed by atoms with Crippen molar-refractivity contribution in [2.75, 3.05) is 0 Å². The minimum atomic E-state index is -0.208. The summed E-state index contributed by atoms with van der Waals surface area (Å²) < 4.78 is 1.57. The summed E-state index contributed by atoms with van der Waals surface area (Å²) in [4.78, 5) is 14.7. The summed E-state index contributed by atoms with van der Waals surface area (Å²) in [5, 5.41) is 10.3. The molecule has 3 rings (SSSR count). The van der Waals surface area contributed by atoms with Gasteiger partial charge in [-0.3, -0.25) is 4.57 Å². The summed E-state index contributed by atoms with van der Waals surface area (Å²) in [6.07, 6.45) is 0. The van der Waals surface area contributed by atoms with Crippen LogP contribution in [0.5, 0.6) is 5.75 Å². The van der Waals surface area contributed by atoms with Gasteiger partial charge in [-0.1, -0.05) is 23.7 Å². The first kappa shape index (κ1) is 11.9. The Morgan fingerprint density at radius 1 is 1.21 bits per heavy atom. The maximum absolute atomic E-state index is 11.9. The summed E-state index contributed by atoms with van der Waals surface area (Å²) in [5.74, 6) is 0.126. The number of hydrogen-bond acceptors (Lipinski definition) is 2. The fourth-order valence-electron chi connectivity index (χ4n) is 2.11. The van der Waals surface area contributed by atoms with E-state index in [1.807, 2.05) is 24.3 Å². The van der Waals surface area contributed by atoms with Crippen LogP contribution in [0.4, 0.5) is 0 Å². The van der Waals surface area contributed by atoms with Gasteiger partial charge in [0.2, 0.25) is 0 Å². The van der Waals surface area contributed by atoms with Crippen LogP contribution in [0.2, 0.25) is 5.02 Å². The van der Waals surface area contributed by atoms with E-state index in [1.54, 1.807) is 16.7 Å².